The SMILES string of the molecule is Cc1ccc(Nc2cccc(OC(C)C)c2N)c(F)c1. The number of para-hydroxylation sites is 1. The van der Waals surface area contributed by atoms with Crippen LogP contribution < -0.4 is 15.8 Å². The molecule has 2 aromatic rings. The number of nitrogens with two attached hydrogens (primary N) is 1. The van der Waals surface area contributed by atoms with Crippen molar-refractivity contribution in [2.75, 3.05) is 11.1 Å². The average Bonchev–Trinajstić information content (AvgIpc) is 2.36. The number of benzene rings is 2. The number of rotatable bonds is 4. The molecule has 0 aromatic heterocycles. The number of hydrogen-bond acceptors (Lipinski definition) is 3. The Balaban J connectivity index is 2.29. The summed E-state index contributed by atoms with van der Waals surface area (Å²) in [4.78, 5) is 0. The third-order valence-corrected chi connectivity index (χ3v) is 2.82. The van der Waals surface area contributed by atoms with Gasteiger partial charge >= 0.3 is 0 Å². The molecule has 0 amide bonds. The maximum Gasteiger partial charge on any atom is 0.146 e. The van der Waals surface area contributed by atoms with Crippen LogP contribution in [-0.4, -0.2) is 6.10 Å². The summed E-state index contributed by atoms with van der Waals surface area (Å²) in [5.41, 5.74) is 8.42. The third-order valence-electron chi connectivity index (χ3n) is 2.82. The molecular formula is C16H19FN2O. The summed E-state index contributed by atoms with van der Waals surface area (Å²) in [6.45, 7) is 5.71. The zero-order chi connectivity index (χ0) is 14.7. The number of anilines is 3. The van der Waals surface area contributed by atoms with Gasteiger partial charge in [0.2, 0.25) is 0 Å². The molecule has 0 bridgehead atoms. The van der Waals surface area contributed by atoms with Crippen LogP contribution in [0.25, 0.3) is 0 Å². The van der Waals surface area contributed by atoms with E-state index in [1.54, 1.807) is 18.2 Å². The highest BCUT2D eigenvalue weighted by atomic mass is 19.1. The molecule has 0 atom stereocenters. The summed E-state index contributed by atoms with van der Waals surface area (Å²) in [5, 5.41) is 3.00. The van der Waals surface area contributed by atoms with Crippen LogP contribution in [-0.2, 0) is 0 Å². The molecular weight excluding hydrogens is 255 g/mol. The molecule has 0 aliphatic heterocycles. The lowest BCUT2D eigenvalue weighted by molar-refractivity contribution is 0.244. The van der Waals surface area contributed by atoms with Gasteiger partial charge in [0.1, 0.15) is 11.6 Å². The van der Waals surface area contributed by atoms with Crippen molar-refractivity contribution in [1.82, 2.24) is 0 Å². The van der Waals surface area contributed by atoms with E-state index < -0.39 is 0 Å². The maximum absolute atomic E-state index is 13.8. The topological polar surface area (TPSA) is 47.3 Å². The lowest BCUT2D eigenvalue weighted by Crippen LogP contribution is -2.08. The Morgan fingerprint density at radius 1 is 1.15 bits per heavy atom. The van der Waals surface area contributed by atoms with E-state index in [2.05, 4.69) is 5.32 Å². The first-order valence-corrected chi connectivity index (χ1v) is 6.55. The standard InChI is InChI=1S/C16H19FN2O/c1-10(2)20-15-6-4-5-14(16(15)18)19-13-8-7-11(3)9-12(13)17/h4-10,19H,18H2,1-3H3. The molecule has 0 spiro atoms. The van der Waals surface area contributed by atoms with Crippen LogP contribution in [0.15, 0.2) is 36.4 Å². The molecule has 106 valence electrons. The Labute approximate surface area is 118 Å². The zero-order valence-electron chi connectivity index (χ0n) is 11.9. The summed E-state index contributed by atoms with van der Waals surface area (Å²) in [6, 6.07) is 10.4. The molecule has 2 rings (SSSR count). The molecule has 0 heterocycles. The van der Waals surface area contributed by atoms with Crippen LogP contribution in [0.5, 0.6) is 5.75 Å². The molecule has 3 N–H and O–H groups in total. The van der Waals surface area contributed by atoms with E-state index in [0.29, 0.717) is 22.8 Å². The van der Waals surface area contributed by atoms with Crippen molar-refractivity contribution in [3.8, 4) is 5.75 Å². The number of hydrogen-bond donors (Lipinski definition) is 2. The Morgan fingerprint density at radius 3 is 2.55 bits per heavy atom. The van der Waals surface area contributed by atoms with Gasteiger partial charge < -0.3 is 15.8 Å². The van der Waals surface area contributed by atoms with Crippen molar-refractivity contribution in [2.24, 2.45) is 0 Å². The second-order valence-corrected chi connectivity index (χ2v) is 4.99. The maximum atomic E-state index is 13.8. The largest absolute Gasteiger partial charge is 0.489 e. The third kappa shape index (κ3) is 3.20. The molecule has 0 radical (unpaired) electrons. The Kier molecular flexibility index (Phi) is 4.13. The van der Waals surface area contributed by atoms with Crippen molar-refractivity contribution in [2.45, 2.75) is 26.9 Å². The van der Waals surface area contributed by atoms with Crippen molar-refractivity contribution in [3.63, 3.8) is 0 Å². The Bertz CT molecular complexity index is 611. The fourth-order valence-corrected chi connectivity index (χ4v) is 1.88. The quantitative estimate of drug-likeness (QED) is 0.819. The van der Waals surface area contributed by atoms with Gasteiger partial charge in [0, 0.05) is 0 Å². The van der Waals surface area contributed by atoms with E-state index in [9.17, 15) is 4.39 Å². The van der Waals surface area contributed by atoms with Crippen LogP contribution in [0.4, 0.5) is 21.5 Å². The number of nitrogen functional groups attached to an aromatic ring is 1. The highest BCUT2D eigenvalue weighted by Gasteiger charge is 2.09. The van der Waals surface area contributed by atoms with E-state index >= 15 is 0 Å². The Hall–Kier alpha value is -2.23. The summed E-state index contributed by atoms with van der Waals surface area (Å²) < 4.78 is 19.5. The molecule has 0 saturated carbocycles. The molecule has 0 aliphatic carbocycles. The molecule has 0 aliphatic rings. The molecule has 0 unspecified atom stereocenters. The fraction of sp³-hybridized carbons (Fsp3) is 0.250. The lowest BCUT2D eigenvalue weighted by Gasteiger charge is -2.16. The van der Waals surface area contributed by atoms with E-state index in [1.807, 2.05) is 32.9 Å². The first-order valence-electron chi connectivity index (χ1n) is 6.55. The van der Waals surface area contributed by atoms with E-state index in [0.717, 1.165) is 5.56 Å². The first-order chi connectivity index (χ1) is 9.47. The van der Waals surface area contributed by atoms with Crippen molar-refractivity contribution >= 4 is 17.1 Å². The van der Waals surface area contributed by atoms with Gasteiger partial charge in [-0.2, -0.15) is 0 Å². The summed E-state index contributed by atoms with van der Waals surface area (Å²) in [7, 11) is 0. The van der Waals surface area contributed by atoms with Crippen LogP contribution in [0.1, 0.15) is 19.4 Å². The van der Waals surface area contributed by atoms with Gasteiger partial charge in [-0.15, -0.1) is 0 Å². The second-order valence-electron chi connectivity index (χ2n) is 4.99. The molecule has 3 nitrogen and oxygen atoms in total. The lowest BCUT2D eigenvalue weighted by atomic mass is 10.2. The molecule has 0 fully saturated rings. The fourth-order valence-electron chi connectivity index (χ4n) is 1.88. The number of aryl methyl sites for hydroxylation is 1. The molecule has 20 heavy (non-hydrogen) atoms. The molecule has 2 aromatic carbocycles. The first kappa shape index (κ1) is 14.2. The van der Waals surface area contributed by atoms with Crippen LogP contribution in [0.2, 0.25) is 0 Å². The summed E-state index contributed by atoms with van der Waals surface area (Å²) in [5.74, 6) is 0.289. The number of nitrogens with one attached hydrogen (secondary N) is 1. The van der Waals surface area contributed by atoms with Gasteiger partial charge in [-0.3, -0.25) is 0 Å². The van der Waals surface area contributed by atoms with E-state index in [1.165, 1.54) is 6.07 Å². The minimum Gasteiger partial charge on any atom is -0.489 e. The minimum absolute atomic E-state index is 0.0312. The minimum atomic E-state index is -0.306. The number of ether oxygens (including phenoxy) is 1. The van der Waals surface area contributed by atoms with Gasteiger partial charge in [-0.1, -0.05) is 12.1 Å². The van der Waals surface area contributed by atoms with Crippen LogP contribution >= 0.6 is 0 Å². The smallest absolute Gasteiger partial charge is 0.146 e. The van der Waals surface area contributed by atoms with Gasteiger partial charge in [-0.05, 0) is 50.6 Å². The monoisotopic (exact) mass is 274 g/mol. The van der Waals surface area contributed by atoms with Crippen LogP contribution in [0, 0.1) is 12.7 Å². The highest BCUT2D eigenvalue weighted by molar-refractivity contribution is 5.77. The predicted molar refractivity (Wildman–Crippen MR) is 81.0 cm³/mol. The summed E-state index contributed by atoms with van der Waals surface area (Å²) >= 11 is 0. The Morgan fingerprint density at radius 2 is 1.90 bits per heavy atom. The second kappa shape index (κ2) is 5.82. The van der Waals surface area contributed by atoms with E-state index in [4.69, 9.17) is 10.5 Å². The van der Waals surface area contributed by atoms with E-state index in [-0.39, 0.29) is 11.9 Å². The van der Waals surface area contributed by atoms with Crippen LogP contribution in [0.3, 0.4) is 0 Å². The van der Waals surface area contributed by atoms with Crippen molar-refractivity contribution in [1.29, 1.82) is 0 Å². The van der Waals surface area contributed by atoms with Gasteiger partial charge in [0.25, 0.3) is 0 Å². The zero-order valence-corrected chi connectivity index (χ0v) is 11.9. The average molecular weight is 274 g/mol. The summed E-state index contributed by atoms with van der Waals surface area (Å²) in [6.07, 6.45) is 0.0312. The normalized spacial score (nSPS) is 10.7. The molecule has 4 heteroatoms. The predicted octanol–water partition coefficient (Wildman–Crippen LogP) is 4.25. The number of halogens is 1. The van der Waals surface area contributed by atoms with Gasteiger partial charge in [0.15, 0.2) is 0 Å². The highest BCUT2D eigenvalue weighted by Crippen LogP contribution is 2.32. The van der Waals surface area contributed by atoms with Gasteiger partial charge in [0.05, 0.1) is 23.2 Å². The van der Waals surface area contributed by atoms with Crippen molar-refractivity contribution in [3.05, 3.63) is 47.8 Å². The molecule has 0 saturated heterocycles. The van der Waals surface area contributed by atoms with Gasteiger partial charge in [-0.25, -0.2) is 4.39 Å². The van der Waals surface area contributed by atoms with Crippen molar-refractivity contribution < 1.29 is 9.13 Å².